The zero-order valence-corrected chi connectivity index (χ0v) is 28.3. The zero-order valence-electron chi connectivity index (χ0n) is 27.4. The normalized spacial score (nSPS) is 11.8. The highest BCUT2D eigenvalue weighted by Crippen LogP contribution is 2.31. The van der Waals surface area contributed by atoms with Crippen LogP contribution < -0.4 is 5.43 Å². The molecule has 0 saturated carbocycles. The van der Waals surface area contributed by atoms with Gasteiger partial charge in [0.05, 0.1) is 16.1 Å². The van der Waals surface area contributed by atoms with Crippen LogP contribution in [0.1, 0.15) is 30.5 Å². The Kier molecular flexibility index (Phi) is 11.7. The number of halogens is 6. The third-order valence-corrected chi connectivity index (χ3v) is 9.63. The van der Waals surface area contributed by atoms with Crippen LogP contribution in [0.3, 0.4) is 0 Å². The van der Waals surface area contributed by atoms with E-state index in [9.17, 15) is 35.9 Å². The van der Waals surface area contributed by atoms with Crippen molar-refractivity contribution in [3.05, 3.63) is 135 Å². The van der Waals surface area contributed by atoms with Crippen LogP contribution in [-0.4, -0.2) is 46.5 Å². The molecular formula is C38H35F6N3O2S. The summed E-state index contributed by atoms with van der Waals surface area (Å²) in [5, 5.41) is 0.490. The number of amides is 1. The van der Waals surface area contributed by atoms with Crippen LogP contribution in [0.5, 0.6) is 0 Å². The first-order valence-corrected chi connectivity index (χ1v) is 17.0. The maximum absolute atomic E-state index is 14.6. The van der Waals surface area contributed by atoms with E-state index >= 15 is 0 Å². The molecule has 5 nitrogen and oxygen atoms in total. The number of hydrogen-bond donors (Lipinski definition) is 0. The van der Waals surface area contributed by atoms with Crippen molar-refractivity contribution >= 4 is 28.6 Å². The standard InChI is InChI=1S/C38H35F6N3O2S/c1-3-45(4-2)18-19-46(22-25-8-10-26(11-9-25)27-12-14-29(15-13-27)38(42,43)44)35(49)23-47-33-20-30(39)16-17-31(33)34(48)21-36(47)50-24-28-6-5-7-32(40)37(28)41/h5-17,20-21H,3-4,18-19,22-24H2,1-2H3. The van der Waals surface area contributed by atoms with E-state index in [4.69, 9.17) is 0 Å². The van der Waals surface area contributed by atoms with Gasteiger partial charge in [-0.2, -0.15) is 13.2 Å². The Balaban J connectivity index is 1.44. The first-order valence-electron chi connectivity index (χ1n) is 16.0. The van der Waals surface area contributed by atoms with Crippen LogP contribution in [0.15, 0.2) is 101 Å². The number of likely N-dealkylation sites (N-methyl/N-ethyl adjacent to an activating group) is 1. The molecule has 0 aliphatic heterocycles. The van der Waals surface area contributed by atoms with Crippen LogP contribution >= 0.6 is 11.8 Å². The van der Waals surface area contributed by atoms with E-state index in [0.717, 1.165) is 54.7 Å². The molecule has 4 aromatic carbocycles. The third kappa shape index (κ3) is 8.78. The number of carbonyl (C=O) groups excluding carboxylic acids is 1. The van der Waals surface area contributed by atoms with Crippen LogP contribution in [0.25, 0.3) is 22.0 Å². The van der Waals surface area contributed by atoms with Crippen LogP contribution in [0.2, 0.25) is 0 Å². The van der Waals surface area contributed by atoms with Gasteiger partial charge in [0.15, 0.2) is 17.1 Å². The lowest BCUT2D eigenvalue weighted by atomic mass is 10.0. The van der Waals surface area contributed by atoms with E-state index in [0.29, 0.717) is 24.2 Å². The highest BCUT2D eigenvalue weighted by molar-refractivity contribution is 7.98. The van der Waals surface area contributed by atoms with E-state index in [1.54, 1.807) is 17.0 Å². The second kappa shape index (κ2) is 16.0. The molecule has 0 N–H and O–H groups in total. The van der Waals surface area contributed by atoms with E-state index in [2.05, 4.69) is 4.90 Å². The van der Waals surface area contributed by atoms with Crippen molar-refractivity contribution < 1.29 is 31.1 Å². The summed E-state index contributed by atoms with van der Waals surface area (Å²) in [5.41, 5.74) is 1.22. The lowest BCUT2D eigenvalue weighted by Gasteiger charge is -2.28. The Hall–Kier alpha value is -4.55. The average molecular weight is 712 g/mol. The summed E-state index contributed by atoms with van der Waals surface area (Å²) in [7, 11) is 0. The van der Waals surface area contributed by atoms with Crippen LogP contribution in [0.4, 0.5) is 26.3 Å². The number of rotatable bonds is 13. The summed E-state index contributed by atoms with van der Waals surface area (Å²) in [4.78, 5) is 31.0. The van der Waals surface area contributed by atoms with Gasteiger partial charge in [-0.25, -0.2) is 13.2 Å². The summed E-state index contributed by atoms with van der Waals surface area (Å²) < 4.78 is 83.6. The van der Waals surface area contributed by atoms with Crippen LogP contribution in [-0.2, 0) is 29.8 Å². The SMILES string of the molecule is CCN(CC)CCN(Cc1ccc(-c2ccc(C(F)(F)F)cc2)cc1)C(=O)Cn1c(SCc2cccc(F)c2F)cc(=O)c2ccc(F)cc21. The Morgan fingerprint density at radius 2 is 1.48 bits per heavy atom. The van der Waals surface area contributed by atoms with Crippen molar-refractivity contribution in [1.82, 2.24) is 14.4 Å². The van der Waals surface area contributed by atoms with E-state index in [1.165, 1.54) is 47.0 Å². The van der Waals surface area contributed by atoms with Crippen molar-refractivity contribution in [1.29, 1.82) is 0 Å². The molecule has 0 unspecified atom stereocenters. The zero-order chi connectivity index (χ0) is 36.0. The van der Waals surface area contributed by atoms with Gasteiger partial charge < -0.3 is 14.4 Å². The maximum Gasteiger partial charge on any atom is 0.416 e. The number of carbonyl (C=O) groups is 1. The van der Waals surface area contributed by atoms with Gasteiger partial charge >= 0.3 is 6.18 Å². The molecule has 1 aromatic heterocycles. The molecule has 0 saturated heterocycles. The molecule has 12 heteroatoms. The van der Waals surface area contributed by atoms with Crippen molar-refractivity contribution in [2.75, 3.05) is 26.2 Å². The van der Waals surface area contributed by atoms with Crippen molar-refractivity contribution in [3.8, 4) is 11.1 Å². The largest absolute Gasteiger partial charge is 0.416 e. The van der Waals surface area contributed by atoms with Crippen molar-refractivity contribution in [2.45, 2.75) is 43.9 Å². The van der Waals surface area contributed by atoms with E-state index < -0.39 is 34.6 Å². The molecule has 0 aliphatic rings. The second-order valence-corrected chi connectivity index (χ2v) is 12.7. The fourth-order valence-electron chi connectivity index (χ4n) is 5.62. The molecule has 5 rings (SSSR count). The molecule has 0 atom stereocenters. The van der Waals surface area contributed by atoms with Gasteiger partial charge in [0.25, 0.3) is 0 Å². The van der Waals surface area contributed by atoms with Gasteiger partial charge in [-0.3, -0.25) is 9.59 Å². The highest BCUT2D eigenvalue weighted by Gasteiger charge is 2.30. The molecule has 0 spiro atoms. The highest BCUT2D eigenvalue weighted by atomic mass is 32.2. The lowest BCUT2D eigenvalue weighted by molar-refractivity contribution is -0.137. The molecular weight excluding hydrogens is 676 g/mol. The Morgan fingerprint density at radius 3 is 2.12 bits per heavy atom. The number of nitrogens with zero attached hydrogens (tertiary/aromatic N) is 3. The Bertz CT molecular complexity index is 2010. The average Bonchev–Trinajstić information content (AvgIpc) is 3.10. The van der Waals surface area contributed by atoms with Gasteiger partial charge in [-0.15, -0.1) is 11.8 Å². The molecule has 50 heavy (non-hydrogen) atoms. The predicted octanol–water partition coefficient (Wildman–Crippen LogP) is 8.77. The summed E-state index contributed by atoms with van der Waals surface area (Å²) in [5.74, 6) is -2.99. The maximum atomic E-state index is 14.6. The Morgan fingerprint density at radius 1 is 0.820 bits per heavy atom. The quantitative estimate of drug-likeness (QED) is 0.0906. The minimum absolute atomic E-state index is 0.0466. The second-order valence-electron chi connectivity index (χ2n) is 11.7. The number of pyridine rings is 1. The summed E-state index contributed by atoms with van der Waals surface area (Å²) in [6.45, 7) is 6.42. The molecule has 1 amide bonds. The molecule has 5 aromatic rings. The first kappa shape index (κ1) is 36.7. The summed E-state index contributed by atoms with van der Waals surface area (Å²) in [6, 6.07) is 20.9. The Labute approximate surface area is 290 Å². The summed E-state index contributed by atoms with van der Waals surface area (Å²) in [6.07, 6.45) is -4.43. The number of fused-ring (bicyclic) bond motifs is 1. The lowest BCUT2D eigenvalue weighted by Crippen LogP contribution is -2.40. The fraction of sp³-hybridized carbons (Fsp3) is 0.263. The monoisotopic (exact) mass is 711 g/mol. The van der Waals surface area contributed by atoms with E-state index in [1.807, 2.05) is 26.0 Å². The molecule has 0 radical (unpaired) electrons. The molecule has 262 valence electrons. The van der Waals surface area contributed by atoms with E-state index in [-0.39, 0.29) is 46.2 Å². The van der Waals surface area contributed by atoms with Crippen molar-refractivity contribution in [3.63, 3.8) is 0 Å². The third-order valence-electron chi connectivity index (χ3n) is 8.54. The predicted molar refractivity (Wildman–Crippen MR) is 184 cm³/mol. The fourth-order valence-corrected chi connectivity index (χ4v) is 6.66. The number of thioether (sulfide) groups is 1. The number of alkyl halides is 3. The summed E-state index contributed by atoms with van der Waals surface area (Å²) >= 11 is 1.04. The van der Waals surface area contributed by atoms with Gasteiger partial charge in [-0.1, -0.05) is 62.4 Å². The molecule has 0 aliphatic carbocycles. The smallest absolute Gasteiger partial charge is 0.336 e. The minimum Gasteiger partial charge on any atom is -0.336 e. The number of aromatic nitrogens is 1. The van der Waals surface area contributed by atoms with Gasteiger partial charge in [0.1, 0.15) is 12.4 Å². The van der Waals surface area contributed by atoms with Crippen molar-refractivity contribution in [2.24, 2.45) is 0 Å². The number of hydrogen-bond acceptors (Lipinski definition) is 4. The minimum atomic E-state index is -4.43. The number of benzene rings is 4. The molecule has 0 bridgehead atoms. The van der Waals surface area contributed by atoms with Gasteiger partial charge in [-0.05, 0) is 66.2 Å². The van der Waals surface area contributed by atoms with Gasteiger partial charge in [0, 0.05) is 42.4 Å². The first-order chi connectivity index (χ1) is 23.9. The topological polar surface area (TPSA) is 45.5 Å². The molecule has 1 heterocycles. The molecule has 0 fully saturated rings. The van der Waals surface area contributed by atoms with Crippen LogP contribution in [0, 0.1) is 17.5 Å². The van der Waals surface area contributed by atoms with Gasteiger partial charge in [0.2, 0.25) is 5.91 Å².